The molecule has 0 unspecified atom stereocenters. The van der Waals surface area contributed by atoms with Crippen molar-refractivity contribution in [1.82, 2.24) is 4.98 Å². The maximum Gasteiger partial charge on any atom is 0.103 e. The molecule has 1 aromatic rings. The lowest BCUT2D eigenvalue weighted by atomic mass is 9.93. The number of hydrogen-bond donors (Lipinski definition) is 1. The van der Waals surface area contributed by atoms with Gasteiger partial charge in [-0.05, 0) is 17.4 Å². The summed E-state index contributed by atoms with van der Waals surface area (Å²) in [6.07, 6.45) is 8.59. The molecule has 0 saturated heterocycles. The van der Waals surface area contributed by atoms with Crippen LogP contribution in [0.3, 0.4) is 0 Å². The fraction of sp³-hybridized carbons (Fsp3) is 0.357. The highest BCUT2D eigenvalue weighted by molar-refractivity contribution is 7.71. The van der Waals surface area contributed by atoms with Crippen LogP contribution >= 0.6 is 12.2 Å². The first-order chi connectivity index (χ1) is 7.57. The lowest BCUT2D eigenvalue weighted by molar-refractivity contribution is 0.669. The van der Waals surface area contributed by atoms with Gasteiger partial charge >= 0.3 is 0 Å². The van der Waals surface area contributed by atoms with Crippen LogP contribution in [-0.4, -0.2) is 4.98 Å². The van der Waals surface area contributed by atoms with E-state index in [1.165, 1.54) is 5.22 Å². The van der Waals surface area contributed by atoms with Crippen LogP contribution in [0.1, 0.15) is 27.7 Å². The SMILES string of the molecule is CC.CC1(C)C=CC=c2ccc(=S)[nH]c2=C1. The topological polar surface area (TPSA) is 15.8 Å². The molecule has 0 aromatic carbocycles. The standard InChI is InChI=1S/C12H13NS.C2H6/c1-12(2)7-3-4-9-5-6-11(14)13-10(9)8-12;1-2/h3-8H,1-2H3,(H,13,14);1-2H3. The minimum Gasteiger partial charge on any atom is -0.346 e. The smallest absolute Gasteiger partial charge is 0.103 e. The normalized spacial score (nSPS) is 15.8. The number of fused-ring (bicyclic) bond motifs is 1. The Balaban J connectivity index is 0.000000606. The van der Waals surface area contributed by atoms with Crippen molar-refractivity contribution in [2.45, 2.75) is 27.7 Å². The van der Waals surface area contributed by atoms with E-state index in [-0.39, 0.29) is 5.41 Å². The molecule has 1 aromatic heterocycles. The fourth-order valence-electron chi connectivity index (χ4n) is 1.59. The molecule has 0 amide bonds. The van der Waals surface area contributed by atoms with Gasteiger partial charge in [-0.3, -0.25) is 0 Å². The van der Waals surface area contributed by atoms with Gasteiger partial charge in [-0.2, -0.15) is 0 Å². The summed E-state index contributed by atoms with van der Waals surface area (Å²) in [5, 5.41) is 2.31. The van der Waals surface area contributed by atoms with Crippen LogP contribution in [0.2, 0.25) is 0 Å². The highest BCUT2D eigenvalue weighted by Crippen LogP contribution is 2.18. The summed E-state index contributed by atoms with van der Waals surface area (Å²) in [7, 11) is 0. The molecule has 1 nitrogen and oxygen atoms in total. The van der Waals surface area contributed by atoms with E-state index in [0.717, 1.165) is 9.99 Å². The third-order valence-electron chi connectivity index (χ3n) is 2.30. The number of allylic oxidation sites excluding steroid dienone is 2. The molecule has 0 radical (unpaired) electrons. The third kappa shape index (κ3) is 3.17. The van der Waals surface area contributed by atoms with Gasteiger partial charge in [0.05, 0.1) is 0 Å². The molecule has 0 saturated carbocycles. The van der Waals surface area contributed by atoms with E-state index >= 15 is 0 Å². The second kappa shape index (κ2) is 5.26. The van der Waals surface area contributed by atoms with Crippen molar-refractivity contribution >= 4 is 24.4 Å². The molecule has 0 atom stereocenters. The van der Waals surface area contributed by atoms with E-state index < -0.39 is 0 Å². The average Bonchev–Trinajstić information content (AvgIpc) is 2.37. The molecule has 2 heteroatoms. The number of rotatable bonds is 0. The van der Waals surface area contributed by atoms with Crippen molar-refractivity contribution in [3.63, 3.8) is 0 Å². The monoisotopic (exact) mass is 233 g/mol. The van der Waals surface area contributed by atoms with Gasteiger partial charge in [-0.25, -0.2) is 0 Å². The maximum atomic E-state index is 5.11. The number of H-pyrrole nitrogens is 1. The molecule has 0 aliphatic heterocycles. The molecule has 1 aliphatic rings. The van der Waals surface area contributed by atoms with Crippen LogP contribution in [-0.2, 0) is 0 Å². The Morgan fingerprint density at radius 3 is 2.56 bits per heavy atom. The molecule has 0 bridgehead atoms. The first-order valence-electron chi connectivity index (χ1n) is 5.69. The second-order valence-electron chi connectivity index (χ2n) is 4.18. The van der Waals surface area contributed by atoms with Crippen LogP contribution in [0.5, 0.6) is 0 Å². The summed E-state index contributed by atoms with van der Waals surface area (Å²) in [4.78, 5) is 3.21. The average molecular weight is 233 g/mol. The Labute approximate surface area is 102 Å². The zero-order valence-corrected chi connectivity index (χ0v) is 11.2. The first-order valence-corrected chi connectivity index (χ1v) is 6.09. The van der Waals surface area contributed by atoms with Crippen molar-refractivity contribution in [2.24, 2.45) is 5.41 Å². The summed E-state index contributed by atoms with van der Waals surface area (Å²) in [6, 6.07) is 3.97. The quantitative estimate of drug-likeness (QED) is 0.681. The fourth-order valence-corrected chi connectivity index (χ4v) is 1.76. The number of hydrogen-bond acceptors (Lipinski definition) is 1. The molecule has 1 N–H and O–H groups in total. The van der Waals surface area contributed by atoms with Crippen molar-refractivity contribution in [3.8, 4) is 0 Å². The second-order valence-corrected chi connectivity index (χ2v) is 4.62. The van der Waals surface area contributed by atoms with Crippen LogP contribution in [0.15, 0.2) is 24.3 Å². The van der Waals surface area contributed by atoms with Gasteiger partial charge in [0.2, 0.25) is 0 Å². The molecule has 0 fully saturated rings. The number of aromatic nitrogens is 1. The van der Waals surface area contributed by atoms with Gasteiger partial charge < -0.3 is 4.98 Å². The number of nitrogens with one attached hydrogen (secondary N) is 1. The third-order valence-corrected chi connectivity index (χ3v) is 2.54. The van der Waals surface area contributed by atoms with Crippen LogP contribution in [0.25, 0.3) is 12.2 Å². The van der Waals surface area contributed by atoms with E-state index in [4.69, 9.17) is 12.2 Å². The summed E-state index contributed by atoms with van der Waals surface area (Å²) < 4.78 is 0.783. The van der Waals surface area contributed by atoms with Crippen molar-refractivity contribution in [2.75, 3.05) is 0 Å². The Kier molecular flexibility index (Phi) is 4.25. The minimum atomic E-state index is 0.0847. The molecule has 16 heavy (non-hydrogen) atoms. The molecule has 2 rings (SSSR count). The van der Waals surface area contributed by atoms with Gasteiger partial charge in [0.15, 0.2) is 0 Å². The van der Waals surface area contributed by atoms with E-state index in [9.17, 15) is 0 Å². The lowest BCUT2D eigenvalue weighted by Gasteiger charge is -2.12. The molecular formula is C14H19NS. The van der Waals surface area contributed by atoms with Gasteiger partial charge in [0.25, 0.3) is 0 Å². The summed E-state index contributed by atoms with van der Waals surface area (Å²) in [6.45, 7) is 8.35. The Morgan fingerprint density at radius 2 is 1.88 bits per heavy atom. The molecule has 0 spiro atoms. The van der Waals surface area contributed by atoms with Crippen LogP contribution in [0, 0.1) is 10.1 Å². The van der Waals surface area contributed by atoms with Crippen molar-refractivity contribution in [3.05, 3.63) is 39.5 Å². The maximum absolute atomic E-state index is 5.11. The van der Waals surface area contributed by atoms with Crippen LogP contribution < -0.4 is 10.6 Å². The summed E-state index contributed by atoms with van der Waals surface area (Å²) in [5.41, 5.74) is 0.0847. The molecule has 1 heterocycles. The largest absolute Gasteiger partial charge is 0.346 e. The van der Waals surface area contributed by atoms with E-state index in [0.29, 0.717) is 0 Å². The lowest BCUT2D eigenvalue weighted by Crippen LogP contribution is -2.29. The zero-order chi connectivity index (χ0) is 12.2. The van der Waals surface area contributed by atoms with E-state index in [1.807, 2.05) is 19.9 Å². The van der Waals surface area contributed by atoms with E-state index in [2.05, 4.69) is 49.2 Å². The minimum absolute atomic E-state index is 0.0847. The highest BCUT2D eigenvalue weighted by Gasteiger charge is 2.10. The van der Waals surface area contributed by atoms with Crippen molar-refractivity contribution < 1.29 is 0 Å². The molecule has 86 valence electrons. The Morgan fingerprint density at radius 1 is 1.19 bits per heavy atom. The van der Waals surface area contributed by atoms with Crippen LogP contribution in [0.4, 0.5) is 0 Å². The van der Waals surface area contributed by atoms with Gasteiger partial charge in [-0.1, -0.05) is 64.2 Å². The molecule has 1 aliphatic carbocycles. The zero-order valence-electron chi connectivity index (χ0n) is 10.4. The van der Waals surface area contributed by atoms with E-state index in [1.54, 1.807) is 0 Å². The Hall–Kier alpha value is -1.15. The number of aromatic amines is 1. The predicted molar refractivity (Wildman–Crippen MR) is 74.1 cm³/mol. The Bertz CT molecular complexity index is 547. The molecular weight excluding hydrogens is 214 g/mol. The van der Waals surface area contributed by atoms with Gasteiger partial charge in [-0.15, -0.1) is 0 Å². The summed E-state index contributed by atoms with van der Waals surface area (Å²) >= 11 is 5.11. The van der Waals surface area contributed by atoms with Gasteiger partial charge in [0.1, 0.15) is 4.64 Å². The summed E-state index contributed by atoms with van der Waals surface area (Å²) in [5.74, 6) is 0. The number of pyridine rings is 1. The van der Waals surface area contributed by atoms with Gasteiger partial charge in [0, 0.05) is 10.8 Å². The first kappa shape index (κ1) is 12.9. The predicted octanol–water partition coefficient (Wildman–Crippen LogP) is 2.93. The highest BCUT2D eigenvalue weighted by atomic mass is 32.1. The van der Waals surface area contributed by atoms with Crippen molar-refractivity contribution in [1.29, 1.82) is 0 Å².